The number of hydrogen-bond donors (Lipinski definition) is 1. The van der Waals surface area contributed by atoms with Gasteiger partial charge in [-0.15, -0.1) is 0 Å². The highest BCUT2D eigenvalue weighted by Gasteiger charge is 2.22. The molecule has 0 radical (unpaired) electrons. The molecule has 3 rings (SSSR count). The van der Waals surface area contributed by atoms with Gasteiger partial charge in [-0.25, -0.2) is 9.78 Å². The van der Waals surface area contributed by atoms with Crippen LogP contribution in [0.3, 0.4) is 0 Å². The number of nitrogens with one attached hydrogen (secondary N) is 1. The van der Waals surface area contributed by atoms with Crippen LogP contribution in [0, 0.1) is 0 Å². The van der Waals surface area contributed by atoms with E-state index in [0.29, 0.717) is 38.5 Å². The molecule has 0 saturated heterocycles. The fourth-order valence-corrected chi connectivity index (χ4v) is 3.98. The molecule has 0 atom stereocenters. The van der Waals surface area contributed by atoms with Gasteiger partial charge in [-0.3, -0.25) is 4.79 Å². The number of nitrogens with zero attached hydrogens (tertiary/aromatic N) is 1. The van der Waals surface area contributed by atoms with Crippen molar-refractivity contribution in [2.45, 2.75) is 13.3 Å². The molecule has 32 heavy (non-hydrogen) atoms. The summed E-state index contributed by atoms with van der Waals surface area (Å²) in [5.41, 5.74) is 1.90. The standard InChI is InChI=1S/C23H24N2O6S/c1-5-31-22(27)21-19(15-9-7-6-8-10-15)25-23(32-21)24-18(26)13-14-11-16(28-2)20(30-4)17(12-14)29-3/h6-12H,5,13H2,1-4H3,(H,24,25,26). The quantitative estimate of drug-likeness (QED) is 0.482. The Morgan fingerprint density at radius 3 is 2.22 bits per heavy atom. The molecule has 3 aromatic rings. The monoisotopic (exact) mass is 456 g/mol. The van der Waals surface area contributed by atoms with Crippen LogP contribution in [0.4, 0.5) is 5.13 Å². The molecule has 0 saturated carbocycles. The third kappa shape index (κ3) is 5.17. The van der Waals surface area contributed by atoms with Crippen molar-refractivity contribution in [1.29, 1.82) is 0 Å². The molecule has 1 N–H and O–H groups in total. The second kappa shape index (κ2) is 10.6. The molecule has 0 aliphatic heterocycles. The molecule has 0 aliphatic rings. The number of carbonyl (C=O) groups excluding carboxylic acids is 2. The summed E-state index contributed by atoms with van der Waals surface area (Å²) < 4.78 is 21.1. The first-order valence-corrected chi connectivity index (χ1v) is 10.6. The molecule has 1 heterocycles. The van der Waals surface area contributed by atoms with Gasteiger partial charge in [0.05, 0.1) is 40.1 Å². The molecule has 1 amide bonds. The maximum absolute atomic E-state index is 12.7. The Hall–Kier alpha value is -3.59. The first-order valence-electron chi connectivity index (χ1n) is 9.82. The normalized spacial score (nSPS) is 10.4. The number of hydrogen-bond acceptors (Lipinski definition) is 8. The van der Waals surface area contributed by atoms with Crippen molar-refractivity contribution < 1.29 is 28.5 Å². The fourth-order valence-electron chi connectivity index (χ4n) is 3.09. The van der Waals surface area contributed by atoms with Crippen LogP contribution in [0.5, 0.6) is 17.2 Å². The minimum Gasteiger partial charge on any atom is -0.493 e. The van der Waals surface area contributed by atoms with E-state index in [0.717, 1.165) is 16.9 Å². The number of rotatable bonds is 9. The minimum absolute atomic E-state index is 0.0473. The molecule has 0 spiro atoms. The van der Waals surface area contributed by atoms with Gasteiger partial charge in [-0.05, 0) is 24.6 Å². The number of amides is 1. The first-order chi connectivity index (χ1) is 15.5. The Labute approximate surface area is 190 Å². The average Bonchev–Trinajstić information content (AvgIpc) is 3.22. The topological polar surface area (TPSA) is 96.0 Å². The molecule has 8 nitrogen and oxygen atoms in total. The van der Waals surface area contributed by atoms with Crippen molar-refractivity contribution >= 4 is 28.3 Å². The Morgan fingerprint density at radius 1 is 1.00 bits per heavy atom. The van der Waals surface area contributed by atoms with Crippen molar-refractivity contribution in [2.75, 3.05) is 33.3 Å². The first kappa shape index (κ1) is 23.1. The number of carbonyl (C=O) groups is 2. The number of thiazole rings is 1. The molecule has 2 aromatic carbocycles. The molecule has 0 fully saturated rings. The van der Waals surface area contributed by atoms with Gasteiger partial charge in [0.1, 0.15) is 4.88 Å². The molecule has 1 aromatic heterocycles. The predicted molar refractivity (Wildman–Crippen MR) is 122 cm³/mol. The summed E-state index contributed by atoms with van der Waals surface area (Å²) in [5.74, 6) is 0.586. The van der Waals surface area contributed by atoms with Crippen LogP contribution in [0.2, 0.25) is 0 Å². The number of ether oxygens (including phenoxy) is 4. The van der Waals surface area contributed by atoms with Gasteiger partial charge in [-0.1, -0.05) is 41.7 Å². The van der Waals surface area contributed by atoms with Crippen LogP contribution < -0.4 is 19.5 Å². The van der Waals surface area contributed by atoms with Gasteiger partial charge < -0.3 is 24.3 Å². The summed E-state index contributed by atoms with van der Waals surface area (Å²) in [6, 6.07) is 12.7. The highest BCUT2D eigenvalue weighted by atomic mass is 32.1. The van der Waals surface area contributed by atoms with Crippen molar-refractivity contribution in [3.63, 3.8) is 0 Å². The van der Waals surface area contributed by atoms with Crippen LogP contribution in [-0.2, 0) is 16.0 Å². The van der Waals surface area contributed by atoms with Gasteiger partial charge >= 0.3 is 5.97 Å². The minimum atomic E-state index is -0.478. The lowest BCUT2D eigenvalue weighted by Crippen LogP contribution is -2.14. The van der Waals surface area contributed by atoms with E-state index in [9.17, 15) is 9.59 Å². The average molecular weight is 457 g/mol. The van der Waals surface area contributed by atoms with Crippen molar-refractivity contribution in [2.24, 2.45) is 0 Å². The van der Waals surface area contributed by atoms with E-state index in [1.807, 2.05) is 30.3 Å². The Morgan fingerprint density at radius 2 is 1.66 bits per heavy atom. The van der Waals surface area contributed by atoms with Crippen LogP contribution in [-0.4, -0.2) is 44.8 Å². The van der Waals surface area contributed by atoms with Crippen LogP contribution in [0.15, 0.2) is 42.5 Å². The van der Waals surface area contributed by atoms with E-state index in [1.165, 1.54) is 21.3 Å². The summed E-state index contributed by atoms with van der Waals surface area (Å²) in [5, 5.41) is 3.08. The lowest BCUT2D eigenvalue weighted by molar-refractivity contribution is -0.115. The maximum Gasteiger partial charge on any atom is 0.350 e. The molecule has 0 bridgehead atoms. The van der Waals surface area contributed by atoms with Gasteiger partial charge in [0, 0.05) is 5.56 Å². The molecule has 168 valence electrons. The van der Waals surface area contributed by atoms with Gasteiger partial charge in [0.25, 0.3) is 0 Å². The molecular weight excluding hydrogens is 432 g/mol. The van der Waals surface area contributed by atoms with E-state index in [1.54, 1.807) is 19.1 Å². The van der Waals surface area contributed by atoms with Gasteiger partial charge in [0.2, 0.25) is 11.7 Å². The Bertz CT molecular complexity index is 1070. The van der Waals surface area contributed by atoms with Gasteiger partial charge in [-0.2, -0.15) is 0 Å². The third-order valence-electron chi connectivity index (χ3n) is 4.47. The summed E-state index contributed by atoms with van der Waals surface area (Å²) in [7, 11) is 4.54. The van der Waals surface area contributed by atoms with Crippen LogP contribution >= 0.6 is 11.3 Å². The Kier molecular flexibility index (Phi) is 7.67. The zero-order valence-electron chi connectivity index (χ0n) is 18.3. The highest BCUT2D eigenvalue weighted by molar-refractivity contribution is 7.18. The molecule has 9 heteroatoms. The Balaban J connectivity index is 1.84. The number of benzene rings is 2. The second-order valence-electron chi connectivity index (χ2n) is 6.54. The summed E-state index contributed by atoms with van der Waals surface area (Å²) >= 11 is 1.08. The number of esters is 1. The third-order valence-corrected chi connectivity index (χ3v) is 5.42. The molecular formula is C23H24N2O6S. The smallest absolute Gasteiger partial charge is 0.350 e. The molecule has 0 unspecified atom stereocenters. The maximum atomic E-state index is 12.7. The van der Waals surface area contributed by atoms with E-state index in [-0.39, 0.29) is 18.9 Å². The SMILES string of the molecule is CCOC(=O)c1sc(NC(=O)Cc2cc(OC)c(OC)c(OC)c2)nc1-c1ccccc1. The predicted octanol–water partition coefficient (Wildman–Crippen LogP) is 4.19. The fraction of sp³-hybridized carbons (Fsp3) is 0.261. The zero-order chi connectivity index (χ0) is 23.1. The lowest BCUT2D eigenvalue weighted by atomic mass is 10.1. The zero-order valence-corrected chi connectivity index (χ0v) is 19.1. The van der Waals surface area contributed by atoms with Crippen LogP contribution in [0.1, 0.15) is 22.2 Å². The highest BCUT2D eigenvalue weighted by Crippen LogP contribution is 2.38. The summed E-state index contributed by atoms with van der Waals surface area (Å²) in [6.45, 7) is 1.98. The van der Waals surface area contributed by atoms with Crippen molar-refractivity contribution in [3.05, 3.63) is 52.9 Å². The van der Waals surface area contributed by atoms with Gasteiger partial charge in [0.15, 0.2) is 16.6 Å². The second-order valence-corrected chi connectivity index (χ2v) is 7.54. The van der Waals surface area contributed by atoms with E-state index in [4.69, 9.17) is 18.9 Å². The van der Waals surface area contributed by atoms with Crippen molar-refractivity contribution in [1.82, 2.24) is 4.98 Å². The van der Waals surface area contributed by atoms with E-state index >= 15 is 0 Å². The van der Waals surface area contributed by atoms with Crippen LogP contribution in [0.25, 0.3) is 11.3 Å². The summed E-state index contributed by atoms with van der Waals surface area (Å²) in [6.07, 6.45) is 0.0473. The largest absolute Gasteiger partial charge is 0.493 e. The number of methoxy groups -OCH3 is 3. The molecule has 0 aliphatic carbocycles. The van der Waals surface area contributed by atoms with E-state index in [2.05, 4.69) is 10.3 Å². The van der Waals surface area contributed by atoms with Crippen molar-refractivity contribution in [3.8, 4) is 28.5 Å². The number of aromatic nitrogens is 1. The van der Waals surface area contributed by atoms with E-state index < -0.39 is 5.97 Å². The lowest BCUT2D eigenvalue weighted by Gasteiger charge is -2.13. The number of anilines is 1. The summed E-state index contributed by atoms with van der Waals surface area (Å²) in [4.78, 5) is 30.0.